The Hall–Kier alpha value is -1.05. The summed E-state index contributed by atoms with van der Waals surface area (Å²) in [6.07, 6.45) is 1.70. The molecule has 2 rings (SSSR count). The first-order valence-corrected chi connectivity index (χ1v) is 2.89. The molecule has 0 fully saturated rings. The number of fused-ring (bicyclic) bond motifs is 1. The van der Waals surface area contributed by atoms with Gasteiger partial charge in [-0.05, 0) is 0 Å². The van der Waals surface area contributed by atoms with E-state index in [0.717, 1.165) is 10.9 Å². The van der Waals surface area contributed by atoms with Gasteiger partial charge in [-0.3, -0.25) is 0 Å². The van der Waals surface area contributed by atoms with Crippen LogP contribution in [0.4, 0.5) is 0 Å². The molecule has 0 atom stereocenters. The molecule has 0 saturated carbocycles. The van der Waals surface area contributed by atoms with E-state index in [-0.39, 0.29) is 0 Å². The average molecular weight is 116 g/mol. The Kier molecular flexibility index (Phi) is 0.920. The van der Waals surface area contributed by atoms with Crippen LogP contribution in [0.5, 0.6) is 0 Å². The molecule has 9 heavy (non-hydrogen) atoms. The Morgan fingerprint density at radius 1 is 1.33 bits per heavy atom. The predicted molar refractivity (Wildman–Crippen MR) is 37.6 cm³/mol. The molecule has 0 aliphatic heterocycles. The molecule has 0 spiro atoms. The first-order chi connectivity index (χ1) is 4.47. The molecule has 0 bridgehead atoms. The fourth-order valence-electron chi connectivity index (χ4n) is 0.906. The second-order valence-electron chi connectivity index (χ2n) is 1.96. The van der Waals surface area contributed by atoms with Crippen molar-refractivity contribution < 1.29 is 4.42 Å². The summed E-state index contributed by atoms with van der Waals surface area (Å²) < 4.78 is 5.12. The number of hydrogen-bond acceptors (Lipinski definition) is 1. The van der Waals surface area contributed by atoms with Crippen LogP contribution in [0.1, 0.15) is 0 Å². The molecule has 2 aromatic heterocycles. The third kappa shape index (κ3) is 0.671. The maximum atomic E-state index is 5.12. The molecular formula is C7H5BO. The van der Waals surface area contributed by atoms with Gasteiger partial charge in [-0.2, -0.15) is 0 Å². The topological polar surface area (TPSA) is 13.1 Å². The van der Waals surface area contributed by atoms with Gasteiger partial charge in [-0.25, -0.2) is 0 Å². The molecule has 1 nitrogen and oxygen atoms in total. The van der Waals surface area contributed by atoms with Gasteiger partial charge in [0.1, 0.15) is 0 Å². The molecule has 0 aliphatic rings. The van der Waals surface area contributed by atoms with Crippen LogP contribution in [0, 0.1) is 0 Å². The molecule has 2 heteroatoms. The molecule has 0 N–H and O–H groups in total. The summed E-state index contributed by atoms with van der Waals surface area (Å²) in [5, 5.41) is 1.16. The Morgan fingerprint density at radius 3 is 3.22 bits per heavy atom. The molecule has 42 valence electrons. The van der Waals surface area contributed by atoms with Gasteiger partial charge in [-0.15, -0.1) is 0 Å². The first kappa shape index (κ1) is 4.80. The fraction of sp³-hybridized carbons (Fsp3) is 0. The number of hydrogen-bond donors (Lipinski definition) is 0. The zero-order valence-electron chi connectivity index (χ0n) is 4.87. The predicted octanol–water partition coefficient (Wildman–Crippen LogP) is 1.77. The van der Waals surface area contributed by atoms with Crippen molar-refractivity contribution in [2.75, 3.05) is 0 Å². The van der Waals surface area contributed by atoms with Gasteiger partial charge < -0.3 is 0 Å². The Morgan fingerprint density at radius 2 is 2.33 bits per heavy atom. The average Bonchev–Trinajstić information content (AvgIpc) is 2.33. The minimum absolute atomic E-state index is 0.956. The van der Waals surface area contributed by atoms with Gasteiger partial charge in [0.05, 0.1) is 0 Å². The summed E-state index contributed by atoms with van der Waals surface area (Å²) in [6.45, 7) is 2.03. The van der Waals surface area contributed by atoms with Gasteiger partial charge in [0.25, 0.3) is 0 Å². The van der Waals surface area contributed by atoms with Crippen molar-refractivity contribution in [3.63, 3.8) is 0 Å². The Bertz CT molecular complexity index is 283. The van der Waals surface area contributed by atoms with Crippen molar-refractivity contribution in [3.8, 4) is 0 Å². The number of furan rings is 1. The maximum absolute atomic E-state index is 5.12. The monoisotopic (exact) mass is 116 g/mol. The van der Waals surface area contributed by atoms with Crippen molar-refractivity contribution >= 4 is 17.8 Å². The summed E-state index contributed by atoms with van der Waals surface area (Å²) in [5.74, 6) is 2.00. The summed E-state index contributed by atoms with van der Waals surface area (Å²) in [5.41, 5.74) is 0.956. The Labute approximate surface area is 53.5 Å². The van der Waals surface area contributed by atoms with E-state index in [2.05, 4.69) is 0 Å². The van der Waals surface area contributed by atoms with E-state index < -0.39 is 0 Å². The van der Waals surface area contributed by atoms with Crippen LogP contribution in [-0.2, 0) is 0 Å². The van der Waals surface area contributed by atoms with Gasteiger partial charge in [0.15, 0.2) is 0 Å². The van der Waals surface area contributed by atoms with Gasteiger partial charge in [0, 0.05) is 0 Å². The van der Waals surface area contributed by atoms with Crippen LogP contribution in [0.3, 0.4) is 0 Å². The second kappa shape index (κ2) is 1.73. The molecule has 0 aliphatic carbocycles. The van der Waals surface area contributed by atoms with Crippen LogP contribution < -0.4 is 0 Å². The Balaban J connectivity index is 2.95. The van der Waals surface area contributed by atoms with Crippen LogP contribution in [0.25, 0.3) is 10.9 Å². The molecule has 2 heterocycles. The van der Waals surface area contributed by atoms with Crippen molar-refractivity contribution in [1.29, 1.82) is 0 Å². The summed E-state index contributed by atoms with van der Waals surface area (Å²) in [6, 6.07) is 5.87. The van der Waals surface area contributed by atoms with E-state index >= 15 is 0 Å². The van der Waals surface area contributed by atoms with E-state index in [0.29, 0.717) is 0 Å². The summed E-state index contributed by atoms with van der Waals surface area (Å²) in [4.78, 5) is 0. The van der Waals surface area contributed by atoms with E-state index in [4.69, 9.17) is 4.42 Å². The van der Waals surface area contributed by atoms with Crippen LogP contribution in [-0.4, -0.2) is 6.91 Å². The van der Waals surface area contributed by atoms with E-state index in [1.807, 2.05) is 31.1 Å². The quantitative estimate of drug-likeness (QED) is 0.511. The van der Waals surface area contributed by atoms with E-state index in [1.54, 1.807) is 6.26 Å². The minimum atomic E-state index is 0.956. The molecule has 0 saturated heterocycles. The normalized spacial score (nSPS) is 9.78. The summed E-state index contributed by atoms with van der Waals surface area (Å²) in [7, 11) is 0. The van der Waals surface area contributed by atoms with E-state index in [9.17, 15) is 0 Å². The van der Waals surface area contributed by atoms with Crippen LogP contribution >= 0.6 is 0 Å². The third-order valence-electron chi connectivity index (χ3n) is 1.36. The SMILES string of the molecule is b1cccc2occc12. The molecule has 2 aromatic rings. The van der Waals surface area contributed by atoms with Gasteiger partial charge in [0.2, 0.25) is 0 Å². The zero-order chi connectivity index (χ0) is 6.10. The second-order valence-corrected chi connectivity index (χ2v) is 1.96. The molecule has 0 amide bonds. The molecule has 0 aromatic carbocycles. The zero-order valence-corrected chi connectivity index (χ0v) is 4.87. The van der Waals surface area contributed by atoms with Crippen molar-refractivity contribution in [2.24, 2.45) is 0 Å². The molecular weight excluding hydrogens is 111 g/mol. The third-order valence-corrected chi connectivity index (χ3v) is 1.36. The molecule has 0 radical (unpaired) electrons. The number of rotatable bonds is 0. The van der Waals surface area contributed by atoms with Gasteiger partial charge in [-0.1, -0.05) is 0 Å². The van der Waals surface area contributed by atoms with Crippen molar-refractivity contribution in [2.45, 2.75) is 0 Å². The summed E-state index contributed by atoms with van der Waals surface area (Å²) >= 11 is 0. The van der Waals surface area contributed by atoms with Gasteiger partial charge >= 0.3 is 52.6 Å². The first-order valence-electron chi connectivity index (χ1n) is 2.89. The van der Waals surface area contributed by atoms with Crippen LogP contribution in [0.15, 0.2) is 34.8 Å². The van der Waals surface area contributed by atoms with Crippen molar-refractivity contribution in [1.82, 2.24) is 0 Å². The fourth-order valence-corrected chi connectivity index (χ4v) is 0.906. The van der Waals surface area contributed by atoms with Crippen molar-refractivity contribution in [3.05, 3.63) is 30.4 Å². The standard InChI is InChI=1S/C7H5BO/c1-2-7-6(8-4-1)3-5-9-7/h1-5H. The molecule has 0 unspecified atom stereocenters. The van der Waals surface area contributed by atoms with Crippen LogP contribution in [0.2, 0.25) is 0 Å². The van der Waals surface area contributed by atoms with E-state index in [1.165, 1.54) is 0 Å².